The van der Waals surface area contributed by atoms with E-state index in [1.165, 1.54) is 0 Å². The summed E-state index contributed by atoms with van der Waals surface area (Å²) in [4.78, 5) is 12.4. The third-order valence-electron chi connectivity index (χ3n) is 4.27. The average Bonchev–Trinajstić information content (AvgIpc) is 3.24. The van der Waals surface area contributed by atoms with Crippen LogP contribution in [0.25, 0.3) is 11.3 Å². The van der Waals surface area contributed by atoms with Crippen molar-refractivity contribution in [2.24, 2.45) is 0 Å². The summed E-state index contributed by atoms with van der Waals surface area (Å²) in [7, 11) is 0. The van der Waals surface area contributed by atoms with Crippen molar-refractivity contribution in [2.75, 3.05) is 0 Å². The number of fused-ring (bicyclic) bond motifs is 1. The molecule has 1 aromatic carbocycles. The summed E-state index contributed by atoms with van der Waals surface area (Å²) in [5, 5.41) is 15.1. The minimum Gasteiger partial charge on any atom is -0.355 e. The van der Waals surface area contributed by atoms with Gasteiger partial charge >= 0.3 is 0 Å². The lowest BCUT2D eigenvalue weighted by atomic mass is 10.1. The monoisotopic (exact) mass is 323 g/mol. The summed E-state index contributed by atoms with van der Waals surface area (Å²) < 4.78 is 7.34. The smallest absolute Gasteiger partial charge is 0.273 e. The van der Waals surface area contributed by atoms with Gasteiger partial charge in [-0.2, -0.15) is 0 Å². The van der Waals surface area contributed by atoms with Crippen molar-refractivity contribution in [2.45, 2.75) is 32.4 Å². The lowest BCUT2D eigenvalue weighted by Gasteiger charge is -2.24. The Hall–Kier alpha value is -2.96. The van der Waals surface area contributed by atoms with E-state index in [-0.39, 0.29) is 11.9 Å². The van der Waals surface area contributed by atoms with Gasteiger partial charge in [-0.05, 0) is 13.3 Å². The second kappa shape index (κ2) is 5.92. The fraction of sp³-hybridized carbons (Fsp3) is 0.294. The Balaban J connectivity index is 1.46. The molecule has 24 heavy (non-hydrogen) atoms. The molecule has 7 heteroatoms. The number of carbonyl (C=O) groups excluding carboxylic acids is 1. The van der Waals surface area contributed by atoms with Crippen LogP contribution in [0.4, 0.5) is 0 Å². The maximum atomic E-state index is 12.4. The molecule has 122 valence electrons. The molecule has 3 heterocycles. The van der Waals surface area contributed by atoms with Gasteiger partial charge in [0.2, 0.25) is 0 Å². The topological polar surface area (TPSA) is 85.8 Å². The summed E-state index contributed by atoms with van der Waals surface area (Å²) in [5.41, 5.74) is 1.19. The van der Waals surface area contributed by atoms with Crippen molar-refractivity contribution in [3.63, 3.8) is 0 Å². The lowest BCUT2D eigenvalue weighted by Crippen LogP contribution is -2.41. The maximum Gasteiger partial charge on any atom is 0.273 e. The van der Waals surface area contributed by atoms with Crippen LogP contribution in [0.15, 0.2) is 40.9 Å². The van der Waals surface area contributed by atoms with Gasteiger partial charge in [-0.1, -0.05) is 35.5 Å². The van der Waals surface area contributed by atoms with Crippen molar-refractivity contribution < 1.29 is 9.32 Å². The molecule has 0 radical (unpaired) electrons. The van der Waals surface area contributed by atoms with Gasteiger partial charge in [0, 0.05) is 30.6 Å². The van der Waals surface area contributed by atoms with Crippen LogP contribution in [0.5, 0.6) is 0 Å². The van der Waals surface area contributed by atoms with Crippen molar-refractivity contribution in [3.05, 3.63) is 53.7 Å². The van der Waals surface area contributed by atoms with Crippen molar-refractivity contribution in [1.82, 2.24) is 25.2 Å². The van der Waals surface area contributed by atoms with Gasteiger partial charge in [-0.25, -0.2) is 0 Å². The zero-order chi connectivity index (χ0) is 16.5. The number of benzene rings is 1. The molecule has 0 saturated carbocycles. The first kappa shape index (κ1) is 14.6. The van der Waals surface area contributed by atoms with Crippen molar-refractivity contribution >= 4 is 5.91 Å². The molecule has 0 spiro atoms. The Kier molecular flexibility index (Phi) is 3.60. The summed E-state index contributed by atoms with van der Waals surface area (Å²) in [6.45, 7) is 2.60. The summed E-state index contributed by atoms with van der Waals surface area (Å²) in [6.07, 6.45) is 1.65. The molecule has 1 amide bonds. The number of amides is 1. The molecule has 1 aliphatic rings. The highest BCUT2D eigenvalue weighted by Gasteiger charge is 2.24. The fourth-order valence-electron chi connectivity index (χ4n) is 2.96. The first-order valence-electron chi connectivity index (χ1n) is 7.92. The molecule has 0 fully saturated rings. The maximum absolute atomic E-state index is 12.4. The van der Waals surface area contributed by atoms with Gasteiger partial charge in [0.05, 0.1) is 0 Å². The molecule has 3 aromatic rings. The van der Waals surface area contributed by atoms with E-state index in [0.717, 1.165) is 30.1 Å². The zero-order valence-corrected chi connectivity index (χ0v) is 13.3. The van der Waals surface area contributed by atoms with Crippen LogP contribution in [-0.4, -0.2) is 31.9 Å². The number of hydrogen-bond donors (Lipinski definition) is 1. The van der Waals surface area contributed by atoms with Crippen LogP contribution in [0.2, 0.25) is 0 Å². The van der Waals surface area contributed by atoms with Crippen LogP contribution in [0.1, 0.15) is 28.6 Å². The van der Waals surface area contributed by atoms with E-state index in [0.29, 0.717) is 18.0 Å². The quantitative estimate of drug-likeness (QED) is 0.796. The molecular formula is C17H17N5O2. The van der Waals surface area contributed by atoms with Crippen LogP contribution >= 0.6 is 0 Å². The molecule has 0 aliphatic carbocycles. The number of aryl methyl sites for hydroxylation is 2. The Labute approximate surface area is 138 Å². The standard InChI is InChI=1S/C17H17N5O2/c1-11-19-20-16-8-7-13(10-22(11)16)18-17(23)14-9-15(24-21-14)12-5-3-2-4-6-12/h2-6,9,13H,7-8,10H2,1H3,(H,18,23)/t13-/m0/s1. The molecule has 4 rings (SSSR count). The Morgan fingerprint density at radius 2 is 2.12 bits per heavy atom. The molecular weight excluding hydrogens is 306 g/mol. The van der Waals surface area contributed by atoms with Crippen LogP contribution in [-0.2, 0) is 13.0 Å². The number of aromatic nitrogens is 4. The number of hydrogen-bond acceptors (Lipinski definition) is 5. The minimum absolute atomic E-state index is 0.0385. The second-order valence-electron chi connectivity index (χ2n) is 5.93. The fourth-order valence-corrected chi connectivity index (χ4v) is 2.96. The van der Waals surface area contributed by atoms with Gasteiger partial charge in [-0.3, -0.25) is 4.79 Å². The first-order chi connectivity index (χ1) is 11.7. The highest BCUT2D eigenvalue weighted by Crippen LogP contribution is 2.20. The van der Waals surface area contributed by atoms with E-state index in [4.69, 9.17) is 4.52 Å². The van der Waals surface area contributed by atoms with Crippen LogP contribution in [0.3, 0.4) is 0 Å². The molecule has 1 aliphatic heterocycles. The van der Waals surface area contributed by atoms with Gasteiger partial charge < -0.3 is 14.4 Å². The van der Waals surface area contributed by atoms with Gasteiger partial charge in [0.25, 0.3) is 5.91 Å². The predicted octanol–water partition coefficient (Wildman–Crippen LogP) is 1.99. The number of carbonyl (C=O) groups is 1. The summed E-state index contributed by atoms with van der Waals surface area (Å²) >= 11 is 0. The third-order valence-corrected chi connectivity index (χ3v) is 4.27. The highest BCUT2D eigenvalue weighted by atomic mass is 16.5. The third kappa shape index (κ3) is 2.68. The van der Waals surface area contributed by atoms with Crippen LogP contribution < -0.4 is 5.32 Å². The Morgan fingerprint density at radius 3 is 2.96 bits per heavy atom. The molecule has 0 unspecified atom stereocenters. The SMILES string of the molecule is Cc1nnc2n1C[C@@H](NC(=O)c1cc(-c3ccccc3)on1)CC2. The van der Waals surface area contributed by atoms with Crippen molar-refractivity contribution in [1.29, 1.82) is 0 Å². The number of nitrogens with zero attached hydrogens (tertiary/aromatic N) is 4. The van der Waals surface area contributed by atoms with E-state index in [1.54, 1.807) is 6.07 Å². The van der Waals surface area contributed by atoms with E-state index < -0.39 is 0 Å². The Bertz CT molecular complexity index is 868. The second-order valence-corrected chi connectivity index (χ2v) is 5.93. The molecule has 0 bridgehead atoms. The number of rotatable bonds is 3. The van der Waals surface area contributed by atoms with Gasteiger partial charge in [0.1, 0.15) is 11.6 Å². The molecule has 0 saturated heterocycles. The van der Waals surface area contributed by atoms with E-state index in [9.17, 15) is 4.79 Å². The summed E-state index contributed by atoms with van der Waals surface area (Å²) in [5.74, 6) is 2.21. The summed E-state index contributed by atoms with van der Waals surface area (Å²) in [6, 6.07) is 11.3. The van der Waals surface area contributed by atoms with Gasteiger partial charge in [0.15, 0.2) is 11.5 Å². The normalized spacial score (nSPS) is 16.6. The number of nitrogens with one attached hydrogen (secondary N) is 1. The Morgan fingerprint density at radius 1 is 1.29 bits per heavy atom. The van der Waals surface area contributed by atoms with Crippen molar-refractivity contribution in [3.8, 4) is 11.3 Å². The average molecular weight is 323 g/mol. The molecule has 1 atom stereocenters. The van der Waals surface area contributed by atoms with E-state index >= 15 is 0 Å². The molecule has 2 aromatic heterocycles. The van der Waals surface area contributed by atoms with Gasteiger partial charge in [-0.15, -0.1) is 10.2 Å². The van der Waals surface area contributed by atoms with E-state index in [1.807, 2.05) is 41.8 Å². The minimum atomic E-state index is -0.222. The van der Waals surface area contributed by atoms with Crippen LogP contribution in [0, 0.1) is 6.92 Å². The first-order valence-corrected chi connectivity index (χ1v) is 7.92. The molecule has 7 nitrogen and oxygen atoms in total. The largest absolute Gasteiger partial charge is 0.355 e. The molecule has 1 N–H and O–H groups in total. The lowest BCUT2D eigenvalue weighted by molar-refractivity contribution is 0.0918. The zero-order valence-electron chi connectivity index (χ0n) is 13.3. The highest BCUT2D eigenvalue weighted by molar-refractivity contribution is 5.93. The van der Waals surface area contributed by atoms with E-state index in [2.05, 4.69) is 20.7 Å². The predicted molar refractivity (Wildman–Crippen MR) is 86.3 cm³/mol.